The lowest BCUT2D eigenvalue weighted by Crippen LogP contribution is -2.57. The Morgan fingerprint density at radius 1 is 0.750 bits per heavy atom. The Balaban J connectivity index is 1.52. The van der Waals surface area contributed by atoms with Crippen LogP contribution >= 0.6 is 0 Å². The first-order valence-corrected chi connectivity index (χ1v) is 13.6. The fraction of sp³-hybridized carbons (Fsp3) is 1.00. The van der Waals surface area contributed by atoms with Gasteiger partial charge >= 0.3 is 0 Å². The summed E-state index contributed by atoms with van der Waals surface area (Å²) in [6, 6.07) is 0. The number of fused-ring (bicyclic) bond motifs is 5. The van der Waals surface area contributed by atoms with Gasteiger partial charge in [-0.05, 0) is 110 Å². The highest BCUT2D eigenvalue weighted by Crippen LogP contribution is 2.68. The van der Waals surface area contributed by atoms with E-state index in [0.29, 0.717) is 35.5 Å². The van der Waals surface area contributed by atoms with Crippen LogP contribution in [0.5, 0.6) is 0 Å². The van der Waals surface area contributed by atoms with Crippen LogP contribution in [0.1, 0.15) is 92.9 Å². The maximum atomic E-state index is 11.2. The van der Waals surface area contributed by atoms with Gasteiger partial charge in [-0.15, -0.1) is 0 Å². The molecule has 0 aromatic heterocycles. The van der Waals surface area contributed by atoms with Crippen LogP contribution in [-0.2, 0) is 0 Å². The first kappa shape index (κ1) is 24.9. The van der Waals surface area contributed by atoms with Crippen LogP contribution in [0.4, 0.5) is 0 Å². The van der Waals surface area contributed by atoms with E-state index in [2.05, 4.69) is 41.5 Å². The molecule has 0 aromatic carbocycles. The molecule has 2 unspecified atom stereocenters. The number of aliphatic hydroxyl groups excluding tert-OH is 4. The summed E-state index contributed by atoms with van der Waals surface area (Å²) in [4.78, 5) is 0. The molecule has 4 rings (SSSR count). The molecule has 0 aliphatic heterocycles. The fourth-order valence-electron chi connectivity index (χ4n) is 9.43. The smallest absolute Gasteiger partial charge is 0.0830 e. The highest BCUT2D eigenvalue weighted by atomic mass is 16.3. The maximum absolute atomic E-state index is 11.2. The van der Waals surface area contributed by atoms with Gasteiger partial charge in [-0.2, -0.15) is 0 Å². The van der Waals surface area contributed by atoms with Crippen molar-refractivity contribution >= 4 is 0 Å². The van der Waals surface area contributed by atoms with Crippen molar-refractivity contribution in [3.8, 4) is 0 Å². The molecule has 4 aliphatic rings. The van der Waals surface area contributed by atoms with E-state index in [-0.39, 0.29) is 22.7 Å². The first-order valence-electron chi connectivity index (χ1n) is 13.6. The summed E-state index contributed by atoms with van der Waals surface area (Å²) in [5.41, 5.74) is 0.382. The molecule has 0 bridgehead atoms. The highest BCUT2D eigenvalue weighted by molar-refractivity contribution is 5.11. The summed E-state index contributed by atoms with van der Waals surface area (Å²) in [7, 11) is 0. The van der Waals surface area contributed by atoms with Crippen molar-refractivity contribution in [1.29, 1.82) is 0 Å². The van der Waals surface area contributed by atoms with Crippen molar-refractivity contribution in [2.75, 3.05) is 0 Å². The number of hydrogen-bond acceptors (Lipinski definition) is 4. The Kier molecular flexibility index (Phi) is 6.87. The first-order chi connectivity index (χ1) is 14.9. The SMILES string of the molecule is CC(C)[C@H](C)[C@@H](O)[C@H](O)[C@@H](C)[C@H]1CC[C@H]2[C@@H]3CC[C@H]4CC(O)C(O)C[C@]4(C)[C@H]3CC[C@]12C. The largest absolute Gasteiger partial charge is 0.390 e. The van der Waals surface area contributed by atoms with Gasteiger partial charge in [0, 0.05) is 0 Å². The van der Waals surface area contributed by atoms with E-state index in [1.807, 2.05) is 0 Å². The molecule has 0 amide bonds. The molecule has 4 saturated carbocycles. The van der Waals surface area contributed by atoms with E-state index in [4.69, 9.17) is 0 Å². The van der Waals surface area contributed by atoms with Crippen molar-refractivity contribution in [3.63, 3.8) is 0 Å². The van der Waals surface area contributed by atoms with Gasteiger partial charge in [0.1, 0.15) is 0 Å². The van der Waals surface area contributed by atoms with E-state index in [0.717, 1.165) is 19.3 Å². The minimum Gasteiger partial charge on any atom is -0.390 e. The Labute approximate surface area is 196 Å². The van der Waals surface area contributed by atoms with Gasteiger partial charge in [0.05, 0.1) is 24.4 Å². The third-order valence-corrected chi connectivity index (χ3v) is 11.9. The molecule has 4 nitrogen and oxygen atoms in total. The van der Waals surface area contributed by atoms with Crippen molar-refractivity contribution < 1.29 is 20.4 Å². The van der Waals surface area contributed by atoms with Crippen LogP contribution in [0.2, 0.25) is 0 Å². The second-order valence-corrected chi connectivity index (χ2v) is 13.4. The van der Waals surface area contributed by atoms with Crippen molar-refractivity contribution in [3.05, 3.63) is 0 Å². The molecular weight excluding hydrogens is 400 g/mol. The summed E-state index contributed by atoms with van der Waals surface area (Å²) >= 11 is 0. The topological polar surface area (TPSA) is 80.9 Å². The second-order valence-electron chi connectivity index (χ2n) is 13.4. The van der Waals surface area contributed by atoms with Crippen molar-refractivity contribution in [1.82, 2.24) is 0 Å². The zero-order valence-electron chi connectivity index (χ0n) is 21.4. The Morgan fingerprint density at radius 2 is 1.41 bits per heavy atom. The van der Waals surface area contributed by atoms with Gasteiger partial charge in [0.25, 0.3) is 0 Å². The quantitative estimate of drug-likeness (QED) is 0.492. The zero-order valence-corrected chi connectivity index (χ0v) is 21.4. The summed E-state index contributed by atoms with van der Waals surface area (Å²) < 4.78 is 0. The molecule has 4 fully saturated rings. The van der Waals surface area contributed by atoms with Crippen LogP contribution in [-0.4, -0.2) is 44.8 Å². The maximum Gasteiger partial charge on any atom is 0.0830 e. The molecule has 0 heterocycles. The number of rotatable bonds is 5. The minimum atomic E-state index is -0.659. The summed E-state index contributed by atoms with van der Waals surface area (Å²) in [5, 5.41) is 42.8. The van der Waals surface area contributed by atoms with Crippen molar-refractivity contribution in [2.45, 2.75) is 117 Å². The Hall–Kier alpha value is -0.160. The average molecular weight is 451 g/mol. The normalized spacial score (nSPS) is 50.2. The van der Waals surface area contributed by atoms with E-state index in [9.17, 15) is 20.4 Å². The molecular formula is C28H50O4. The van der Waals surface area contributed by atoms with Crippen LogP contribution in [0.25, 0.3) is 0 Å². The monoisotopic (exact) mass is 450 g/mol. The lowest BCUT2D eigenvalue weighted by Gasteiger charge is -2.61. The number of hydrogen-bond donors (Lipinski definition) is 4. The van der Waals surface area contributed by atoms with Crippen LogP contribution in [0, 0.1) is 58.2 Å². The molecule has 0 spiro atoms. The van der Waals surface area contributed by atoms with Crippen LogP contribution in [0.15, 0.2) is 0 Å². The molecule has 0 radical (unpaired) electrons. The molecule has 0 aromatic rings. The van der Waals surface area contributed by atoms with E-state index in [1.165, 1.54) is 32.1 Å². The molecule has 4 aliphatic carbocycles. The highest BCUT2D eigenvalue weighted by Gasteiger charge is 2.62. The molecule has 0 saturated heterocycles. The average Bonchev–Trinajstić information content (AvgIpc) is 3.09. The van der Waals surface area contributed by atoms with E-state index < -0.39 is 24.4 Å². The molecule has 32 heavy (non-hydrogen) atoms. The van der Waals surface area contributed by atoms with E-state index in [1.54, 1.807) is 0 Å². The predicted octanol–water partition coefficient (Wildman–Crippen LogP) is 4.63. The standard InChI is InChI=1S/C28H50O4/c1-15(2)16(3)25(31)26(32)17(4)20-9-10-21-19-8-7-18-13-23(29)24(30)14-28(18,6)22(19)11-12-27(20,21)5/h15-26,29-32H,7-14H2,1-6H3/t16-,17-,18-,19-,20+,21-,22-,23?,24?,25+,26+,27+,28-/m0/s1. The number of aliphatic hydroxyl groups is 4. The minimum absolute atomic E-state index is 0.0940. The third kappa shape index (κ3) is 3.80. The third-order valence-electron chi connectivity index (χ3n) is 11.9. The van der Waals surface area contributed by atoms with E-state index >= 15 is 0 Å². The molecule has 4 heteroatoms. The predicted molar refractivity (Wildman–Crippen MR) is 128 cm³/mol. The van der Waals surface area contributed by atoms with Gasteiger partial charge < -0.3 is 20.4 Å². The van der Waals surface area contributed by atoms with Gasteiger partial charge in [0.2, 0.25) is 0 Å². The summed E-state index contributed by atoms with van der Waals surface area (Å²) in [5.74, 6) is 3.59. The molecule has 4 N–H and O–H groups in total. The summed E-state index contributed by atoms with van der Waals surface area (Å²) in [6.07, 6.45) is 6.31. The van der Waals surface area contributed by atoms with Gasteiger partial charge in [-0.1, -0.05) is 41.5 Å². The van der Waals surface area contributed by atoms with Gasteiger partial charge in [-0.3, -0.25) is 0 Å². The molecule has 13 atom stereocenters. The Bertz CT molecular complexity index is 666. The lowest BCUT2D eigenvalue weighted by molar-refractivity contribution is -0.163. The van der Waals surface area contributed by atoms with Crippen LogP contribution < -0.4 is 0 Å². The summed E-state index contributed by atoms with van der Waals surface area (Å²) in [6.45, 7) is 13.4. The molecule has 186 valence electrons. The zero-order chi connectivity index (χ0) is 23.6. The fourth-order valence-corrected chi connectivity index (χ4v) is 9.43. The Morgan fingerprint density at radius 3 is 2.06 bits per heavy atom. The second kappa shape index (κ2) is 8.81. The van der Waals surface area contributed by atoms with Gasteiger partial charge in [0.15, 0.2) is 0 Å². The van der Waals surface area contributed by atoms with Crippen LogP contribution in [0.3, 0.4) is 0 Å². The lowest BCUT2D eigenvalue weighted by atomic mass is 9.44. The van der Waals surface area contributed by atoms with Gasteiger partial charge in [-0.25, -0.2) is 0 Å². The van der Waals surface area contributed by atoms with Crippen molar-refractivity contribution in [2.24, 2.45) is 58.2 Å².